The predicted octanol–water partition coefficient (Wildman–Crippen LogP) is 2.29. The van der Waals surface area contributed by atoms with Crippen LogP contribution in [-0.4, -0.2) is 19.1 Å². The highest BCUT2D eigenvalue weighted by atomic mass is 16.5. The van der Waals surface area contributed by atoms with Crippen molar-refractivity contribution >= 4 is 5.91 Å². The Bertz CT molecular complexity index is 335. The van der Waals surface area contributed by atoms with Crippen molar-refractivity contribution in [3.8, 4) is 0 Å². The van der Waals surface area contributed by atoms with Crippen LogP contribution in [0.4, 0.5) is 0 Å². The minimum atomic E-state index is -0.116. The second-order valence-corrected chi connectivity index (χ2v) is 3.74. The summed E-state index contributed by atoms with van der Waals surface area (Å²) < 4.78 is 5.52. The van der Waals surface area contributed by atoms with E-state index in [1.807, 2.05) is 30.3 Å². The molecule has 1 N–H and O–H groups in total. The van der Waals surface area contributed by atoms with Gasteiger partial charge in [-0.05, 0) is 24.5 Å². The van der Waals surface area contributed by atoms with Gasteiger partial charge in [-0.1, -0.05) is 36.9 Å². The van der Waals surface area contributed by atoms with Crippen LogP contribution in [0.2, 0.25) is 0 Å². The van der Waals surface area contributed by atoms with Crippen LogP contribution in [0.5, 0.6) is 0 Å². The Morgan fingerprint density at radius 2 is 2.06 bits per heavy atom. The molecular weight excluding hydrogens is 214 g/mol. The molecule has 0 aliphatic heterocycles. The van der Waals surface area contributed by atoms with Gasteiger partial charge in [0.15, 0.2) is 0 Å². The first kappa shape index (κ1) is 13.5. The molecular formula is C14H19NO2. The molecule has 0 aliphatic carbocycles. The van der Waals surface area contributed by atoms with Gasteiger partial charge in [0.1, 0.15) is 0 Å². The zero-order valence-corrected chi connectivity index (χ0v) is 10.0. The summed E-state index contributed by atoms with van der Waals surface area (Å²) >= 11 is 0. The molecule has 0 aromatic heterocycles. The Hall–Kier alpha value is -1.61. The monoisotopic (exact) mass is 233 g/mol. The van der Waals surface area contributed by atoms with Crippen molar-refractivity contribution in [1.82, 2.24) is 5.32 Å². The third-order valence-electron chi connectivity index (χ3n) is 2.31. The van der Waals surface area contributed by atoms with Crippen molar-refractivity contribution in [1.29, 1.82) is 0 Å². The van der Waals surface area contributed by atoms with E-state index in [1.54, 1.807) is 0 Å². The number of nitrogens with one attached hydrogen (secondary N) is 1. The number of carbonyl (C=O) groups is 1. The van der Waals surface area contributed by atoms with E-state index in [1.165, 1.54) is 11.6 Å². The molecule has 0 bridgehead atoms. The molecule has 0 saturated heterocycles. The van der Waals surface area contributed by atoms with Crippen LogP contribution in [0.15, 0.2) is 43.0 Å². The summed E-state index contributed by atoms with van der Waals surface area (Å²) in [6, 6.07) is 10.1. The number of hydrogen-bond acceptors (Lipinski definition) is 2. The Kier molecular flexibility index (Phi) is 6.75. The van der Waals surface area contributed by atoms with Crippen LogP contribution in [0.3, 0.4) is 0 Å². The lowest BCUT2D eigenvalue weighted by Gasteiger charge is -2.04. The first-order chi connectivity index (χ1) is 8.33. The molecule has 3 nitrogen and oxygen atoms in total. The topological polar surface area (TPSA) is 38.3 Å². The highest BCUT2D eigenvalue weighted by Crippen LogP contribution is 2.01. The maximum atomic E-state index is 10.8. The maximum absolute atomic E-state index is 10.8. The number of unbranched alkanes of at least 4 members (excludes halogenated alkanes) is 1. The summed E-state index contributed by atoms with van der Waals surface area (Å²) in [6.07, 6.45) is 3.16. The molecule has 1 rings (SSSR count). The molecule has 1 aromatic rings. The lowest BCUT2D eigenvalue weighted by molar-refractivity contribution is -0.116. The lowest BCUT2D eigenvalue weighted by Crippen LogP contribution is -2.22. The van der Waals surface area contributed by atoms with Gasteiger partial charge in [-0.15, -0.1) is 0 Å². The Morgan fingerprint density at radius 3 is 2.76 bits per heavy atom. The Balaban J connectivity index is 1.95. The van der Waals surface area contributed by atoms with Crippen LogP contribution in [-0.2, 0) is 16.1 Å². The van der Waals surface area contributed by atoms with Gasteiger partial charge in [-0.2, -0.15) is 0 Å². The minimum Gasteiger partial charge on any atom is -0.377 e. The number of benzene rings is 1. The van der Waals surface area contributed by atoms with Crippen LogP contribution < -0.4 is 5.32 Å². The predicted molar refractivity (Wildman–Crippen MR) is 68.5 cm³/mol. The van der Waals surface area contributed by atoms with Crippen LogP contribution in [0.1, 0.15) is 18.4 Å². The highest BCUT2D eigenvalue weighted by Gasteiger charge is 1.94. The van der Waals surface area contributed by atoms with E-state index in [2.05, 4.69) is 11.9 Å². The summed E-state index contributed by atoms with van der Waals surface area (Å²) in [5.74, 6) is -0.116. The van der Waals surface area contributed by atoms with E-state index >= 15 is 0 Å². The summed E-state index contributed by atoms with van der Waals surface area (Å²) in [7, 11) is 0. The number of hydrogen-bond donors (Lipinski definition) is 1. The molecule has 0 fully saturated rings. The molecule has 0 saturated carbocycles. The molecule has 1 amide bonds. The van der Waals surface area contributed by atoms with Crippen LogP contribution in [0, 0.1) is 0 Å². The zero-order chi connectivity index (χ0) is 12.3. The number of carbonyl (C=O) groups excluding carboxylic acids is 1. The van der Waals surface area contributed by atoms with E-state index in [9.17, 15) is 4.79 Å². The second-order valence-electron chi connectivity index (χ2n) is 3.74. The molecule has 92 valence electrons. The smallest absolute Gasteiger partial charge is 0.243 e. The average molecular weight is 233 g/mol. The fourth-order valence-corrected chi connectivity index (χ4v) is 1.38. The minimum absolute atomic E-state index is 0.116. The van der Waals surface area contributed by atoms with Crippen molar-refractivity contribution in [2.24, 2.45) is 0 Å². The van der Waals surface area contributed by atoms with Gasteiger partial charge in [0.25, 0.3) is 0 Å². The SMILES string of the molecule is C=CC(=O)NCCCCOCc1ccccc1. The fourth-order valence-electron chi connectivity index (χ4n) is 1.38. The van der Waals surface area contributed by atoms with Gasteiger partial charge in [0.2, 0.25) is 5.91 Å². The third-order valence-corrected chi connectivity index (χ3v) is 2.31. The summed E-state index contributed by atoms with van der Waals surface area (Å²) in [5.41, 5.74) is 1.19. The third kappa shape index (κ3) is 6.53. The fraction of sp³-hybridized carbons (Fsp3) is 0.357. The summed E-state index contributed by atoms with van der Waals surface area (Å²) in [6.45, 7) is 5.44. The van der Waals surface area contributed by atoms with E-state index in [0.29, 0.717) is 13.2 Å². The van der Waals surface area contributed by atoms with Gasteiger partial charge in [-0.25, -0.2) is 0 Å². The zero-order valence-electron chi connectivity index (χ0n) is 10.0. The second kappa shape index (κ2) is 8.53. The van der Waals surface area contributed by atoms with E-state index in [-0.39, 0.29) is 5.91 Å². The van der Waals surface area contributed by atoms with Crippen molar-refractivity contribution in [3.05, 3.63) is 48.6 Å². The summed E-state index contributed by atoms with van der Waals surface area (Å²) in [4.78, 5) is 10.8. The lowest BCUT2D eigenvalue weighted by atomic mass is 10.2. The van der Waals surface area contributed by atoms with Gasteiger partial charge in [-0.3, -0.25) is 4.79 Å². The largest absolute Gasteiger partial charge is 0.377 e. The highest BCUT2D eigenvalue weighted by molar-refractivity contribution is 5.86. The van der Waals surface area contributed by atoms with Gasteiger partial charge in [0, 0.05) is 13.2 Å². The normalized spacial score (nSPS) is 9.88. The Morgan fingerprint density at radius 1 is 1.29 bits per heavy atom. The summed E-state index contributed by atoms with van der Waals surface area (Å²) in [5, 5.41) is 2.73. The Labute approximate surface area is 102 Å². The van der Waals surface area contributed by atoms with E-state index in [4.69, 9.17) is 4.74 Å². The number of amides is 1. The first-order valence-electron chi connectivity index (χ1n) is 5.85. The van der Waals surface area contributed by atoms with Crippen molar-refractivity contribution in [2.75, 3.05) is 13.2 Å². The quantitative estimate of drug-likeness (QED) is 0.552. The van der Waals surface area contributed by atoms with E-state index in [0.717, 1.165) is 19.4 Å². The molecule has 0 heterocycles. The van der Waals surface area contributed by atoms with Crippen molar-refractivity contribution in [2.45, 2.75) is 19.4 Å². The maximum Gasteiger partial charge on any atom is 0.243 e. The molecule has 0 radical (unpaired) electrons. The van der Waals surface area contributed by atoms with Crippen LogP contribution in [0.25, 0.3) is 0 Å². The van der Waals surface area contributed by atoms with Crippen molar-refractivity contribution in [3.63, 3.8) is 0 Å². The average Bonchev–Trinajstić information content (AvgIpc) is 2.38. The molecule has 0 aliphatic rings. The molecule has 0 unspecified atom stereocenters. The standard InChI is InChI=1S/C14H19NO2/c1-2-14(16)15-10-6-7-11-17-12-13-8-4-3-5-9-13/h2-5,8-9H,1,6-7,10-12H2,(H,15,16). The number of ether oxygens (including phenoxy) is 1. The molecule has 17 heavy (non-hydrogen) atoms. The number of rotatable bonds is 8. The molecule has 1 aromatic carbocycles. The van der Waals surface area contributed by atoms with Crippen molar-refractivity contribution < 1.29 is 9.53 Å². The van der Waals surface area contributed by atoms with Gasteiger partial charge >= 0.3 is 0 Å². The molecule has 3 heteroatoms. The van der Waals surface area contributed by atoms with Gasteiger partial charge in [0.05, 0.1) is 6.61 Å². The van der Waals surface area contributed by atoms with Crippen LogP contribution >= 0.6 is 0 Å². The molecule has 0 spiro atoms. The molecule has 0 atom stereocenters. The van der Waals surface area contributed by atoms with Gasteiger partial charge < -0.3 is 10.1 Å². The first-order valence-corrected chi connectivity index (χ1v) is 5.85. The van der Waals surface area contributed by atoms with E-state index < -0.39 is 0 Å².